The predicted molar refractivity (Wildman–Crippen MR) is 28.9 cm³/mol. The molecule has 1 rings (SSSR count). The Morgan fingerprint density at radius 3 is 3.00 bits per heavy atom. The van der Waals surface area contributed by atoms with E-state index in [1.54, 1.807) is 11.6 Å². The van der Waals surface area contributed by atoms with E-state index in [1.807, 2.05) is 0 Å². The van der Waals surface area contributed by atoms with E-state index in [2.05, 4.69) is 9.77 Å². The van der Waals surface area contributed by atoms with Crippen molar-refractivity contribution < 1.29 is 4.79 Å². The maximum Gasteiger partial charge on any atom is 0.388 e. The van der Waals surface area contributed by atoms with Crippen molar-refractivity contribution in [1.29, 1.82) is 0 Å². The number of aromatic nitrogens is 1. The van der Waals surface area contributed by atoms with E-state index in [9.17, 15) is 0 Å². The highest BCUT2D eigenvalue weighted by atomic mass is 32.1. The first kappa shape index (κ1) is 5.15. The molecule has 0 saturated heterocycles. The molecule has 0 aliphatic heterocycles. The molecule has 0 spiro atoms. The Kier molecular flexibility index (Phi) is 1.51. The fraction of sp³-hybridized carbons (Fsp3) is 0. The van der Waals surface area contributed by atoms with E-state index >= 15 is 0 Å². The lowest BCUT2D eigenvalue weighted by Crippen LogP contribution is -1.95. The van der Waals surface area contributed by atoms with Gasteiger partial charge in [0.2, 0.25) is 0 Å². The first-order valence-corrected chi connectivity index (χ1v) is 2.88. The Balaban J connectivity index is 3.41. The van der Waals surface area contributed by atoms with Crippen LogP contribution in [0.25, 0.3) is 5.53 Å². The van der Waals surface area contributed by atoms with Crippen LogP contribution in [0.5, 0.6) is 0 Å². The number of hydrogen-bond acceptors (Lipinski definition) is 2. The zero-order valence-electron chi connectivity index (χ0n) is 3.98. The molecule has 0 N–H and O–H groups in total. The van der Waals surface area contributed by atoms with Gasteiger partial charge >= 0.3 is 4.67 Å². The van der Waals surface area contributed by atoms with Crippen molar-refractivity contribution in [2.24, 2.45) is 0 Å². The van der Waals surface area contributed by atoms with Crippen LogP contribution in [0.3, 0.4) is 0 Å². The summed E-state index contributed by atoms with van der Waals surface area (Å²) in [5.74, 6) is 0. The van der Waals surface area contributed by atoms with Gasteiger partial charge in [-0.1, -0.05) is 11.3 Å². The van der Waals surface area contributed by atoms with Crippen molar-refractivity contribution in [2.75, 3.05) is 0 Å². The van der Waals surface area contributed by atoms with Gasteiger partial charge < -0.3 is 5.53 Å². The van der Waals surface area contributed by atoms with Crippen LogP contribution in [-0.2, 0) is 0 Å². The summed E-state index contributed by atoms with van der Waals surface area (Å²) in [4.78, 5) is 6.64. The Bertz CT molecular complexity index is 230. The third-order valence-corrected chi connectivity index (χ3v) is 1.31. The Labute approximate surface area is 49.9 Å². The monoisotopic (exact) mass is 125 g/mol. The second-order valence-corrected chi connectivity index (χ2v) is 2.05. The summed E-state index contributed by atoms with van der Waals surface area (Å²) in [5, 5.41) is 1.75. The zero-order chi connectivity index (χ0) is 5.82. The SMILES string of the molecule is [N-]=[N+]=c1cnccs1. The van der Waals surface area contributed by atoms with E-state index in [-0.39, 0.29) is 0 Å². The standard InChI is InChI=1S/C4H3N3S/c5-7-4-3-6-1-2-8-4/h1-3H. The minimum Gasteiger partial charge on any atom is -0.360 e. The molecule has 0 unspecified atom stereocenters. The van der Waals surface area contributed by atoms with Crippen LogP contribution in [0.4, 0.5) is 0 Å². The number of nitrogens with zero attached hydrogens (tertiary/aromatic N) is 3. The van der Waals surface area contributed by atoms with Gasteiger partial charge in [-0.3, -0.25) is 4.98 Å². The summed E-state index contributed by atoms with van der Waals surface area (Å²) in [6.45, 7) is 0. The molecule has 0 aliphatic carbocycles. The summed E-state index contributed by atoms with van der Waals surface area (Å²) in [7, 11) is 0. The van der Waals surface area contributed by atoms with Gasteiger partial charge in [0, 0.05) is 11.6 Å². The average molecular weight is 125 g/mol. The Morgan fingerprint density at radius 2 is 2.62 bits per heavy atom. The lowest BCUT2D eigenvalue weighted by Gasteiger charge is -1.67. The van der Waals surface area contributed by atoms with Crippen LogP contribution < -0.4 is 4.67 Å². The highest BCUT2D eigenvalue weighted by Gasteiger charge is 1.81. The molecule has 0 amide bonds. The molecule has 0 bridgehead atoms. The van der Waals surface area contributed by atoms with E-state index in [4.69, 9.17) is 5.53 Å². The van der Waals surface area contributed by atoms with Gasteiger partial charge in [-0.25, -0.2) is 0 Å². The first-order valence-electron chi connectivity index (χ1n) is 2.00. The third kappa shape index (κ3) is 0.992. The molecule has 3 nitrogen and oxygen atoms in total. The van der Waals surface area contributed by atoms with Crippen molar-refractivity contribution in [3.63, 3.8) is 0 Å². The average Bonchev–Trinajstić information content (AvgIpc) is 1.90. The van der Waals surface area contributed by atoms with Gasteiger partial charge in [-0.2, -0.15) is 4.79 Å². The second-order valence-electron chi connectivity index (χ2n) is 1.12. The van der Waals surface area contributed by atoms with Crippen LogP contribution in [0.15, 0.2) is 17.8 Å². The van der Waals surface area contributed by atoms with Crippen molar-refractivity contribution >= 4 is 11.3 Å². The lowest BCUT2D eigenvalue weighted by molar-refractivity contribution is -0.0595. The first-order chi connectivity index (χ1) is 3.93. The molecule has 0 fully saturated rings. The van der Waals surface area contributed by atoms with E-state index < -0.39 is 0 Å². The lowest BCUT2D eigenvalue weighted by atomic mass is 10.9. The van der Waals surface area contributed by atoms with Gasteiger partial charge in [0.05, 0.1) is 0 Å². The van der Waals surface area contributed by atoms with Crippen molar-refractivity contribution in [3.05, 3.63) is 28.0 Å². The summed E-state index contributed by atoms with van der Waals surface area (Å²) in [5.41, 5.74) is 8.13. The van der Waals surface area contributed by atoms with Gasteiger partial charge in [-0.15, -0.1) is 0 Å². The molecule has 1 aromatic heterocycles. The van der Waals surface area contributed by atoms with Crippen LogP contribution in [0, 0.1) is 0 Å². The quantitative estimate of drug-likeness (QED) is 0.362. The predicted octanol–water partition coefficient (Wildman–Crippen LogP) is 0.274. The van der Waals surface area contributed by atoms with Crippen LogP contribution in [-0.4, -0.2) is 9.77 Å². The van der Waals surface area contributed by atoms with E-state index in [0.29, 0.717) is 4.67 Å². The topological polar surface area (TPSA) is 49.3 Å². The molecule has 1 aromatic rings. The summed E-state index contributed by atoms with van der Waals surface area (Å²) >= 11 is 1.33. The Hall–Kier alpha value is -0.990. The van der Waals surface area contributed by atoms with Crippen molar-refractivity contribution in [2.45, 2.75) is 0 Å². The molecule has 4 heteroatoms. The fourth-order valence-electron chi connectivity index (χ4n) is 0.322. The second kappa shape index (κ2) is 2.35. The maximum absolute atomic E-state index is 8.13. The molecule has 40 valence electrons. The molecular formula is C4H3N3S. The fourth-order valence-corrected chi connectivity index (χ4v) is 0.761. The minimum atomic E-state index is 0.521. The molecule has 0 atom stereocenters. The molecule has 0 saturated carbocycles. The maximum atomic E-state index is 8.13. The Morgan fingerprint density at radius 1 is 1.75 bits per heavy atom. The third-order valence-electron chi connectivity index (χ3n) is 0.619. The molecule has 0 radical (unpaired) electrons. The van der Waals surface area contributed by atoms with Gasteiger partial charge in [0.1, 0.15) is 6.20 Å². The molecule has 1 heterocycles. The molecule has 0 aromatic carbocycles. The summed E-state index contributed by atoms with van der Waals surface area (Å²) in [6.07, 6.45) is 3.13. The smallest absolute Gasteiger partial charge is 0.360 e. The number of hydrogen-bond donors (Lipinski definition) is 0. The molecule has 0 aliphatic rings. The molecular weight excluding hydrogens is 122 g/mol. The van der Waals surface area contributed by atoms with Crippen LogP contribution in [0.1, 0.15) is 0 Å². The van der Waals surface area contributed by atoms with Gasteiger partial charge in [-0.05, 0) is 0 Å². The summed E-state index contributed by atoms with van der Waals surface area (Å²) < 4.78 is 0.521. The van der Waals surface area contributed by atoms with Gasteiger partial charge in [0.15, 0.2) is 0 Å². The van der Waals surface area contributed by atoms with Crippen molar-refractivity contribution in [1.82, 2.24) is 4.98 Å². The zero-order valence-corrected chi connectivity index (χ0v) is 4.80. The highest BCUT2D eigenvalue weighted by molar-refractivity contribution is 7.06. The van der Waals surface area contributed by atoms with Crippen LogP contribution in [0.2, 0.25) is 0 Å². The van der Waals surface area contributed by atoms with Crippen molar-refractivity contribution in [3.8, 4) is 0 Å². The van der Waals surface area contributed by atoms with Gasteiger partial charge in [0.25, 0.3) is 0 Å². The number of rotatable bonds is 0. The van der Waals surface area contributed by atoms with E-state index in [0.717, 1.165) is 0 Å². The highest BCUT2D eigenvalue weighted by Crippen LogP contribution is 1.76. The normalized spacial score (nSPS) is 8.00. The van der Waals surface area contributed by atoms with Crippen LogP contribution >= 0.6 is 11.3 Å². The minimum absolute atomic E-state index is 0.521. The largest absolute Gasteiger partial charge is 0.388 e. The summed E-state index contributed by atoms with van der Waals surface area (Å²) in [6, 6.07) is 0. The van der Waals surface area contributed by atoms with E-state index in [1.165, 1.54) is 17.5 Å². The molecule has 8 heavy (non-hydrogen) atoms.